The van der Waals surface area contributed by atoms with Gasteiger partial charge >= 0.3 is 11.9 Å². The number of aromatic nitrogens is 4. The van der Waals surface area contributed by atoms with Crippen LogP contribution in [0, 0.1) is 0 Å². The molecular formula is C17H16N6O7S4. The van der Waals surface area contributed by atoms with Crippen LogP contribution in [0.15, 0.2) is 39.3 Å². The van der Waals surface area contributed by atoms with E-state index in [2.05, 4.69) is 20.8 Å². The molecule has 4 heterocycles. The van der Waals surface area contributed by atoms with E-state index < -0.39 is 57.6 Å². The van der Waals surface area contributed by atoms with Crippen LogP contribution < -0.4 is 5.32 Å². The quantitative estimate of drug-likeness (QED) is 0.330. The molecule has 180 valence electrons. The summed E-state index contributed by atoms with van der Waals surface area (Å²) in [5, 5.41) is 32.6. The molecule has 4 rings (SSSR count). The Morgan fingerprint density at radius 2 is 2.15 bits per heavy atom. The summed E-state index contributed by atoms with van der Waals surface area (Å²) in [5.74, 6) is -3.97. The highest BCUT2D eigenvalue weighted by molar-refractivity contribution is 8.00. The largest absolute Gasteiger partial charge is 0.481 e. The standard InChI is InChI=1S/C17H16N6O7S4/c24-10(6-34(30)12-2-1-3-31-12)19-13-15(27)23-14(17(28)29)8(5-32-16(13)23)9(4-11(25)26)33-22-7-18-20-21-22/h1-3,7,9,13,16H,4-6H2,(H,19,24)(H,25,26)(H,28,29)/t9?,13?,16-,34?/m0/s1. The molecule has 1 fully saturated rings. The van der Waals surface area contributed by atoms with Crippen molar-refractivity contribution in [2.75, 3.05) is 11.5 Å². The molecule has 0 radical (unpaired) electrons. The van der Waals surface area contributed by atoms with Crippen molar-refractivity contribution in [1.82, 2.24) is 29.8 Å². The number of aliphatic carboxylic acids is 2. The van der Waals surface area contributed by atoms with Crippen molar-refractivity contribution in [3.63, 3.8) is 0 Å². The number of tetrazole rings is 1. The van der Waals surface area contributed by atoms with E-state index in [0.29, 0.717) is 4.21 Å². The van der Waals surface area contributed by atoms with Gasteiger partial charge in [-0.25, -0.2) is 4.79 Å². The number of thiophene rings is 1. The Morgan fingerprint density at radius 1 is 1.35 bits per heavy atom. The maximum absolute atomic E-state index is 12.8. The Bertz CT molecular complexity index is 1170. The molecule has 3 unspecified atom stereocenters. The summed E-state index contributed by atoms with van der Waals surface area (Å²) in [5.41, 5.74) is -0.0678. The zero-order valence-corrected chi connectivity index (χ0v) is 20.2. The molecule has 2 amide bonds. The first-order valence-electron chi connectivity index (χ1n) is 9.50. The molecule has 34 heavy (non-hydrogen) atoms. The van der Waals surface area contributed by atoms with E-state index in [1.807, 2.05) is 0 Å². The highest BCUT2D eigenvalue weighted by atomic mass is 32.2. The van der Waals surface area contributed by atoms with Crippen LogP contribution in [0.4, 0.5) is 0 Å². The Morgan fingerprint density at radius 3 is 2.76 bits per heavy atom. The highest BCUT2D eigenvalue weighted by Crippen LogP contribution is 2.43. The summed E-state index contributed by atoms with van der Waals surface area (Å²) in [6, 6.07) is 2.39. The summed E-state index contributed by atoms with van der Waals surface area (Å²) in [6.07, 6.45) is 0.832. The van der Waals surface area contributed by atoms with Crippen LogP contribution in [-0.2, 0) is 30.0 Å². The number of rotatable bonds is 10. The number of hydrogen-bond acceptors (Lipinski definition) is 11. The van der Waals surface area contributed by atoms with E-state index in [1.165, 1.54) is 33.5 Å². The van der Waals surface area contributed by atoms with Crippen LogP contribution in [-0.4, -0.2) is 90.9 Å². The third kappa shape index (κ3) is 5.01. The van der Waals surface area contributed by atoms with Crippen molar-refractivity contribution < 1.29 is 33.6 Å². The van der Waals surface area contributed by atoms with E-state index in [0.717, 1.165) is 16.8 Å². The van der Waals surface area contributed by atoms with Gasteiger partial charge in [-0.05, 0) is 39.4 Å². The molecule has 0 spiro atoms. The fourth-order valence-corrected chi connectivity index (χ4v) is 7.82. The van der Waals surface area contributed by atoms with Crippen molar-refractivity contribution >= 4 is 69.6 Å². The molecule has 0 bridgehead atoms. The normalized spacial score (nSPS) is 21.4. The number of carbonyl (C=O) groups is 4. The lowest BCUT2D eigenvalue weighted by Gasteiger charge is -2.50. The Balaban J connectivity index is 1.51. The maximum atomic E-state index is 12.8. The number of thioether (sulfide) groups is 1. The van der Waals surface area contributed by atoms with Gasteiger partial charge in [-0.15, -0.1) is 28.2 Å². The number of carboxylic acids is 2. The van der Waals surface area contributed by atoms with Crippen LogP contribution in [0.25, 0.3) is 0 Å². The minimum atomic E-state index is -1.55. The van der Waals surface area contributed by atoms with Gasteiger partial charge in [0.25, 0.3) is 5.91 Å². The second-order valence-electron chi connectivity index (χ2n) is 6.96. The summed E-state index contributed by atoms with van der Waals surface area (Å²) in [4.78, 5) is 49.8. The van der Waals surface area contributed by atoms with Crippen LogP contribution in [0.2, 0.25) is 0 Å². The van der Waals surface area contributed by atoms with E-state index in [1.54, 1.807) is 17.5 Å². The molecule has 0 saturated carbocycles. The van der Waals surface area contributed by atoms with Crippen LogP contribution >= 0.6 is 35.0 Å². The fourth-order valence-electron chi connectivity index (χ4n) is 3.40. The summed E-state index contributed by atoms with van der Waals surface area (Å²) >= 11 is 3.38. The zero-order valence-electron chi connectivity index (χ0n) is 17.0. The average molecular weight is 545 g/mol. The molecule has 3 N–H and O–H groups in total. The minimum Gasteiger partial charge on any atom is -0.481 e. The lowest BCUT2D eigenvalue weighted by Crippen LogP contribution is -2.71. The predicted molar refractivity (Wildman–Crippen MR) is 122 cm³/mol. The third-order valence-electron chi connectivity index (χ3n) is 4.81. The van der Waals surface area contributed by atoms with Crippen molar-refractivity contribution in [2.24, 2.45) is 0 Å². The second-order valence-corrected chi connectivity index (χ2v) is 11.8. The summed E-state index contributed by atoms with van der Waals surface area (Å²) < 4.78 is 14.0. The fraction of sp³-hybridized carbons (Fsp3) is 0.353. The molecule has 17 heteroatoms. The van der Waals surface area contributed by atoms with Gasteiger partial charge in [0.1, 0.15) is 22.9 Å². The van der Waals surface area contributed by atoms with Gasteiger partial charge in [0.15, 0.2) is 6.33 Å². The number of carboxylic acid groups (broad SMARTS) is 2. The summed E-state index contributed by atoms with van der Waals surface area (Å²) in [6.45, 7) is 0. The van der Waals surface area contributed by atoms with Gasteiger partial charge in [-0.1, -0.05) is 6.07 Å². The lowest BCUT2D eigenvalue weighted by molar-refractivity contribution is -0.150. The molecule has 0 aliphatic carbocycles. The third-order valence-corrected chi connectivity index (χ3v) is 9.82. The highest BCUT2D eigenvalue weighted by Gasteiger charge is 2.55. The van der Waals surface area contributed by atoms with E-state index in [9.17, 15) is 33.6 Å². The van der Waals surface area contributed by atoms with Crippen LogP contribution in [0.3, 0.4) is 0 Å². The zero-order chi connectivity index (χ0) is 24.4. The monoisotopic (exact) mass is 544 g/mol. The molecule has 1 saturated heterocycles. The molecule has 2 aromatic heterocycles. The molecule has 2 aromatic rings. The van der Waals surface area contributed by atoms with Crippen molar-refractivity contribution in [3.05, 3.63) is 35.1 Å². The van der Waals surface area contributed by atoms with Gasteiger partial charge in [-0.3, -0.25) is 23.5 Å². The summed E-state index contributed by atoms with van der Waals surface area (Å²) in [7, 11) is -1.55. The number of carbonyl (C=O) groups excluding carboxylic acids is 2. The molecule has 2 aliphatic rings. The van der Waals surface area contributed by atoms with Crippen molar-refractivity contribution in [1.29, 1.82) is 0 Å². The number of nitrogens with one attached hydrogen (secondary N) is 1. The molecule has 13 nitrogen and oxygen atoms in total. The minimum absolute atomic E-state index is 0.122. The predicted octanol–water partition coefficient (Wildman–Crippen LogP) is -0.379. The molecule has 0 aromatic carbocycles. The molecule has 2 aliphatic heterocycles. The second kappa shape index (κ2) is 10.2. The first kappa shape index (κ1) is 24.4. The van der Waals surface area contributed by atoms with E-state index >= 15 is 0 Å². The van der Waals surface area contributed by atoms with Gasteiger partial charge in [0.2, 0.25) is 5.91 Å². The number of hydrogen-bond donors (Lipinski definition) is 3. The van der Waals surface area contributed by atoms with Gasteiger partial charge < -0.3 is 15.5 Å². The van der Waals surface area contributed by atoms with E-state index in [-0.39, 0.29) is 22.8 Å². The van der Waals surface area contributed by atoms with Crippen molar-refractivity contribution in [2.45, 2.75) is 27.3 Å². The first-order chi connectivity index (χ1) is 16.3. The molecular weight excluding hydrogens is 528 g/mol. The Labute approximate surface area is 206 Å². The number of nitrogens with zero attached hydrogens (tertiary/aromatic N) is 5. The van der Waals surface area contributed by atoms with E-state index in [4.69, 9.17) is 0 Å². The van der Waals surface area contributed by atoms with Crippen molar-refractivity contribution in [3.8, 4) is 0 Å². The van der Waals surface area contributed by atoms with Crippen LogP contribution in [0.1, 0.15) is 6.42 Å². The smallest absolute Gasteiger partial charge is 0.352 e. The first-order valence-corrected chi connectivity index (χ1v) is 13.6. The lowest BCUT2D eigenvalue weighted by atomic mass is 10.0. The number of β-lactam (4-membered cyclic amide) rings is 1. The Hall–Kier alpha value is -2.76. The maximum Gasteiger partial charge on any atom is 0.352 e. The van der Waals surface area contributed by atoms with Crippen LogP contribution in [0.5, 0.6) is 0 Å². The van der Waals surface area contributed by atoms with Gasteiger partial charge in [0.05, 0.1) is 26.7 Å². The number of fused-ring (bicyclic) bond motifs is 1. The Kier molecular flexibility index (Phi) is 7.34. The van der Waals surface area contributed by atoms with Gasteiger partial charge in [0, 0.05) is 5.75 Å². The van der Waals surface area contributed by atoms with Gasteiger partial charge in [-0.2, -0.15) is 4.09 Å². The average Bonchev–Trinajstić information content (AvgIpc) is 3.50. The molecule has 4 atom stereocenters. The number of amides is 2. The topological polar surface area (TPSA) is 185 Å². The SMILES string of the molecule is O=C(O)CC(Sn1cnnn1)C1=C(C(=O)O)N2C(=O)C(NC(=O)CS(=O)c3cccs3)[C@@H]2SC1.